The van der Waals surface area contributed by atoms with E-state index in [-0.39, 0.29) is 5.91 Å². The number of nitrogens with one attached hydrogen (secondary N) is 3. The van der Waals surface area contributed by atoms with Gasteiger partial charge in [-0.2, -0.15) is 0 Å². The Bertz CT molecular complexity index is 451. The number of carbonyl (C=O) groups excluding carboxylic acids is 1. The standard InChI is InChI=1S/C12H16ClN3OS/c1-8-3-4-10(7-11(8)13)16-12(18)15-6-5-14-9(2)17/h3-4,7H,5-6H2,1-2H3,(H,14,17)(H2,15,16,18). The van der Waals surface area contributed by atoms with Crippen molar-refractivity contribution in [2.75, 3.05) is 18.4 Å². The first-order valence-corrected chi connectivity index (χ1v) is 6.33. The van der Waals surface area contributed by atoms with Gasteiger partial charge in [0.25, 0.3) is 0 Å². The molecule has 0 bridgehead atoms. The lowest BCUT2D eigenvalue weighted by atomic mass is 10.2. The van der Waals surface area contributed by atoms with E-state index in [1.165, 1.54) is 6.92 Å². The Labute approximate surface area is 117 Å². The van der Waals surface area contributed by atoms with Crippen LogP contribution in [0.1, 0.15) is 12.5 Å². The fourth-order valence-electron chi connectivity index (χ4n) is 1.26. The highest BCUT2D eigenvalue weighted by Gasteiger charge is 2.00. The first-order valence-electron chi connectivity index (χ1n) is 5.54. The Hall–Kier alpha value is -1.33. The molecule has 0 aromatic heterocycles. The van der Waals surface area contributed by atoms with E-state index in [1.807, 2.05) is 25.1 Å². The Morgan fingerprint density at radius 2 is 2.00 bits per heavy atom. The largest absolute Gasteiger partial charge is 0.361 e. The molecular formula is C12H16ClN3OS. The first kappa shape index (κ1) is 14.7. The molecule has 98 valence electrons. The summed E-state index contributed by atoms with van der Waals surface area (Å²) in [6.45, 7) is 4.53. The topological polar surface area (TPSA) is 53.2 Å². The molecule has 1 aromatic rings. The van der Waals surface area contributed by atoms with Crippen molar-refractivity contribution in [1.29, 1.82) is 0 Å². The summed E-state index contributed by atoms with van der Waals surface area (Å²) in [6.07, 6.45) is 0. The molecule has 4 nitrogen and oxygen atoms in total. The van der Waals surface area contributed by atoms with Crippen molar-refractivity contribution in [3.05, 3.63) is 28.8 Å². The molecule has 0 unspecified atom stereocenters. The van der Waals surface area contributed by atoms with E-state index in [9.17, 15) is 4.79 Å². The highest BCUT2D eigenvalue weighted by Crippen LogP contribution is 2.19. The summed E-state index contributed by atoms with van der Waals surface area (Å²) in [5, 5.41) is 9.87. The summed E-state index contributed by atoms with van der Waals surface area (Å²) in [6, 6.07) is 5.65. The van der Waals surface area contributed by atoms with E-state index >= 15 is 0 Å². The number of carbonyl (C=O) groups is 1. The third-order valence-corrected chi connectivity index (χ3v) is 2.87. The summed E-state index contributed by atoms with van der Waals surface area (Å²) in [4.78, 5) is 10.6. The molecule has 0 aliphatic carbocycles. The lowest BCUT2D eigenvalue weighted by Gasteiger charge is -2.11. The highest BCUT2D eigenvalue weighted by molar-refractivity contribution is 7.80. The van der Waals surface area contributed by atoms with Gasteiger partial charge in [0.1, 0.15) is 0 Å². The van der Waals surface area contributed by atoms with Gasteiger partial charge in [-0.1, -0.05) is 17.7 Å². The van der Waals surface area contributed by atoms with Crippen LogP contribution in [0.25, 0.3) is 0 Å². The van der Waals surface area contributed by atoms with Crippen LogP contribution < -0.4 is 16.0 Å². The van der Waals surface area contributed by atoms with Crippen molar-refractivity contribution in [3.8, 4) is 0 Å². The quantitative estimate of drug-likeness (QED) is 0.586. The third-order valence-electron chi connectivity index (χ3n) is 2.21. The van der Waals surface area contributed by atoms with E-state index in [1.54, 1.807) is 0 Å². The molecule has 6 heteroatoms. The van der Waals surface area contributed by atoms with Crippen LogP contribution in [0.4, 0.5) is 5.69 Å². The van der Waals surface area contributed by atoms with Gasteiger partial charge in [0.2, 0.25) is 5.91 Å². The Kier molecular flexibility index (Phi) is 5.88. The zero-order valence-corrected chi connectivity index (χ0v) is 11.9. The lowest BCUT2D eigenvalue weighted by molar-refractivity contribution is -0.118. The molecule has 0 radical (unpaired) electrons. The molecule has 3 N–H and O–H groups in total. The monoisotopic (exact) mass is 285 g/mol. The highest BCUT2D eigenvalue weighted by atomic mass is 35.5. The van der Waals surface area contributed by atoms with E-state index in [4.69, 9.17) is 23.8 Å². The van der Waals surface area contributed by atoms with Crippen LogP contribution in [0.15, 0.2) is 18.2 Å². The van der Waals surface area contributed by atoms with E-state index in [2.05, 4.69) is 16.0 Å². The van der Waals surface area contributed by atoms with Crippen molar-refractivity contribution in [1.82, 2.24) is 10.6 Å². The number of anilines is 1. The van der Waals surface area contributed by atoms with Gasteiger partial charge in [-0.25, -0.2) is 0 Å². The predicted molar refractivity (Wildman–Crippen MR) is 79.1 cm³/mol. The lowest BCUT2D eigenvalue weighted by Crippen LogP contribution is -2.35. The fourth-order valence-corrected chi connectivity index (χ4v) is 1.66. The molecule has 1 aromatic carbocycles. The first-order chi connectivity index (χ1) is 8.49. The average molecular weight is 286 g/mol. The second kappa shape index (κ2) is 7.18. The van der Waals surface area contributed by atoms with Crippen molar-refractivity contribution in [2.24, 2.45) is 0 Å². The van der Waals surface area contributed by atoms with Gasteiger partial charge in [-0.05, 0) is 36.8 Å². The molecule has 0 aliphatic heterocycles. The Morgan fingerprint density at radius 1 is 1.33 bits per heavy atom. The van der Waals surface area contributed by atoms with Crippen molar-refractivity contribution in [2.45, 2.75) is 13.8 Å². The van der Waals surface area contributed by atoms with Gasteiger partial charge >= 0.3 is 0 Å². The molecule has 1 rings (SSSR count). The number of benzene rings is 1. The second-order valence-corrected chi connectivity index (χ2v) is 4.64. The third kappa shape index (κ3) is 5.33. The average Bonchev–Trinajstić information content (AvgIpc) is 2.29. The van der Waals surface area contributed by atoms with Crippen LogP contribution >= 0.6 is 23.8 Å². The minimum atomic E-state index is -0.0546. The number of rotatable bonds is 4. The van der Waals surface area contributed by atoms with Gasteiger partial charge in [0, 0.05) is 30.7 Å². The number of hydrogen-bond donors (Lipinski definition) is 3. The van der Waals surface area contributed by atoms with Crippen molar-refractivity contribution < 1.29 is 4.79 Å². The number of amides is 1. The molecule has 0 heterocycles. The van der Waals surface area contributed by atoms with Crippen molar-refractivity contribution in [3.63, 3.8) is 0 Å². The molecule has 0 spiro atoms. The molecule has 1 amide bonds. The smallest absolute Gasteiger partial charge is 0.216 e. The minimum Gasteiger partial charge on any atom is -0.361 e. The normalized spacial score (nSPS) is 9.72. The molecular weight excluding hydrogens is 270 g/mol. The summed E-state index contributed by atoms with van der Waals surface area (Å²) in [7, 11) is 0. The van der Waals surface area contributed by atoms with Crippen LogP contribution in [-0.2, 0) is 4.79 Å². The fraction of sp³-hybridized carbons (Fsp3) is 0.333. The number of thiocarbonyl (C=S) groups is 1. The van der Waals surface area contributed by atoms with E-state index < -0.39 is 0 Å². The Balaban J connectivity index is 2.35. The predicted octanol–water partition coefficient (Wildman–Crippen LogP) is 2.07. The summed E-state index contributed by atoms with van der Waals surface area (Å²) >= 11 is 11.1. The van der Waals surface area contributed by atoms with Crippen LogP contribution in [0.3, 0.4) is 0 Å². The number of halogens is 1. The summed E-state index contributed by atoms with van der Waals surface area (Å²) in [5.41, 5.74) is 1.86. The maximum Gasteiger partial charge on any atom is 0.216 e. The zero-order valence-electron chi connectivity index (χ0n) is 10.3. The van der Waals surface area contributed by atoms with Crippen molar-refractivity contribution >= 4 is 40.5 Å². The van der Waals surface area contributed by atoms with Crippen LogP contribution in [0.2, 0.25) is 5.02 Å². The van der Waals surface area contributed by atoms with Crippen LogP contribution in [-0.4, -0.2) is 24.1 Å². The minimum absolute atomic E-state index is 0.0546. The van der Waals surface area contributed by atoms with Gasteiger partial charge in [-0.15, -0.1) is 0 Å². The zero-order chi connectivity index (χ0) is 13.5. The maximum absolute atomic E-state index is 10.6. The Morgan fingerprint density at radius 3 is 2.61 bits per heavy atom. The SMILES string of the molecule is CC(=O)NCCNC(=S)Nc1ccc(C)c(Cl)c1. The molecule has 0 fully saturated rings. The molecule has 0 atom stereocenters. The number of hydrogen-bond acceptors (Lipinski definition) is 2. The van der Waals surface area contributed by atoms with Gasteiger partial charge in [-0.3, -0.25) is 4.79 Å². The molecule has 0 saturated carbocycles. The molecule has 18 heavy (non-hydrogen) atoms. The number of aryl methyl sites for hydroxylation is 1. The van der Waals surface area contributed by atoms with Gasteiger partial charge in [0.15, 0.2) is 5.11 Å². The van der Waals surface area contributed by atoms with Gasteiger partial charge in [0.05, 0.1) is 0 Å². The summed E-state index contributed by atoms with van der Waals surface area (Å²) in [5.74, 6) is -0.0546. The summed E-state index contributed by atoms with van der Waals surface area (Å²) < 4.78 is 0. The van der Waals surface area contributed by atoms with E-state index in [0.717, 1.165) is 11.3 Å². The second-order valence-electron chi connectivity index (χ2n) is 3.83. The maximum atomic E-state index is 10.6. The van der Waals surface area contributed by atoms with Gasteiger partial charge < -0.3 is 16.0 Å². The molecule has 0 saturated heterocycles. The van der Waals surface area contributed by atoms with E-state index in [0.29, 0.717) is 23.2 Å². The van der Waals surface area contributed by atoms with Crippen LogP contribution in [0, 0.1) is 6.92 Å². The molecule has 0 aliphatic rings. The van der Waals surface area contributed by atoms with Crippen LogP contribution in [0.5, 0.6) is 0 Å².